The number of H-pyrrole nitrogens is 1. The van der Waals surface area contributed by atoms with Crippen molar-refractivity contribution in [1.82, 2.24) is 19.7 Å². The molecule has 1 aromatic carbocycles. The average molecular weight is 490 g/mol. The van der Waals surface area contributed by atoms with Crippen molar-refractivity contribution in [2.24, 2.45) is 0 Å². The SMILES string of the molecule is CC(C)c1cc(=O)[nH]c(-n2nc(-c3ccco3)cc2NC(=O)COc2cccc3c2OC(C)(C)C3)n1. The Morgan fingerprint density at radius 3 is 2.83 bits per heavy atom. The van der Waals surface area contributed by atoms with E-state index < -0.39 is 5.91 Å². The lowest BCUT2D eigenvalue weighted by molar-refractivity contribution is -0.118. The predicted molar refractivity (Wildman–Crippen MR) is 133 cm³/mol. The average Bonchev–Trinajstić information content (AvgIpc) is 3.54. The van der Waals surface area contributed by atoms with Crippen LogP contribution in [0.15, 0.2) is 57.9 Å². The molecular formula is C26H27N5O5. The van der Waals surface area contributed by atoms with E-state index in [2.05, 4.69) is 20.4 Å². The van der Waals surface area contributed by atoms with Crippen molar-refractivity contribution in [1.29, 1.82) is 0 Å². The number of aromatic nitrogens is 4. The van der Waals surface area contributed by atoms with E-state index in [1.165, 1.54) is 17.0 Å². The molecule has 0 saturated heterocycles. The van der Waals surface area contributed by atoms with Crippen molar-refractivity contribution in [3.05, 3.63) is 70.3 Å². The number of aromatic amines is 1. The molecule has 1 amide bonds. The molecule has 4 aromatic rings. The summed E-state index contributed by atoms with van der Waals surface area (Å²) in [6.07, 6.45) is 2.29. The van der Waals surface area contributed by atoms with Crippen LogP contribution in [0.3, 0.4) is 0 Å². The van der Waals surface area contributed by atoms with Gasteiger partial charge in [-0.05, 0) is 38.0 Å². The van der Waals surface area contributed by atoms with E-state index in [0.717, 1.165) is 12.0 Å². The highest BCUT2D eigenvalue weighted by Crippen LogP contribution is 2.41. The second kappa shape index (κ2) is 9.03. The zero-order valence-corrected chi connectivity index (χ0v) is 20.5. The van der Waals surface area contributed by atoms with Crippen LogP contribution in [0.2, 0.25) is 0 Å². The second-order valence-corrected chi connectivity index (χ2v) is 9.57. The van der Waals surface area contributed by atoms with Crippen LogP contribution in [-0.2, 0) is 11.2 Å². The van der Waals surface area contributed by atoms with E-state index in [1.807, 2.05) is 39.8 Å². The fraction of sp³-hybridized carbons (Fsp3) is 0.308. The van der Waals surface area contributed by atoms with Gasteiger partial charge in [0.25, 0.3) is 11.5 Å². The topological polar surface area (TPSA) is 124 Å². The Kier molecular flexibility index (Phi) is 5.87. The molecule has 2 N–H and O–H groups in total. The van der Waals surface area contributed by atoms with E-state index >= 15 is 0 Å². The Morgan fingerprint density at radius 1 is 1.25 bits per heavy atom. The Balaban J connectivity index is 1.41. The van der Waals surface area contributed by atoms with E-state index in [9.17, 15) is 9.59 Å². The predicted octanol–water partition coefficient (Wildman–Crippen LogP) is 4.07. The van der Waals surface area contributed by atoms with Crippen LogP contribution in [0.25, 0.3) is 17.4 Å². The molecule has 0 spiro atoms. The molecule has 3 aromatic heterocycles. The monoisotopic (exact) mass is 489 g/mol. The number of carbonyl (C=O) groups is 1. The van der Waals surface area contributed by atoms with Crippen molar-refractivity contribution in [2.75, 3.05) is 11.9 Å². The molecule has 1 aliphatic rings. The maximum absolute atomic E-state index is 12.9. The van der Waals surface area contributed by atoms with Crippen LogP contribution in [0, 0.1) is 0 Å². The van der Waals surface area contributed by atoms with E-state index in [-0.39, 0.29) is 29.6 Å². The van der Waals surface area contributed by atoms with Gasteiger partial charge in [-0.2, -0.15) is 9.78 Å². The first-order valence-corrected chi connectivity index (χ1v) is 11.7. The number of furan rings is 1. The highest BCUT2D eigenvalue weighted by molar-refractivity contribution is 5.91. The fourth-order valence-corrected chi connectivity index (χ4v) is 4.06. The molecule has 0 radical (unpaired) electrons. The number of amides is 1. The lowest BCUT2D eigenvalue weighted by Gasteiger charge is -2.18. The molecule has 186 valence electrons. The van der Waals surface area contributed by atoms with Crippen LogP contribution in [0.5, 0.6) is 11.5 Å². The quantitative estimate of drug-likeness (QED) is 0.401. The number of nitrogens with one attached hydrogen (secondary N) is 2. The Hall–Kier alpha value is -4.34. The fourth-order valence-electron chi connectivity index (χ4n) is 4.06. The zero-order chi connectivity index (χ0) is 25.4. The van der Waals surface area contributed by atoms with Gasteiger partial charge in [-0.15, -0.1) is 0 Å². The maximum atomic E-state index is 12.9. The maximum Gasteiger partial charge on any atom is 0.263 e. The van der Waals surface area contributed by atoms with Crippen LogP contribution >= 0.6 is 0 Å². The van der Waals surface area contributed by atoms with Crippen molar-refractivity contribution >= 4 is 11.7 Å². The summed E-state index contributed by atoms with van der Waals surface area (Å²) >= 11 is 0. The van der Waals surface area contributed by atoms with Gasteiger partial charge >= 0.3 is 0 Å². The molecule has 10 nitrogen and oxygen atoms in total. The first-order valence-electron chi connectivity index (χ1n) is 11.7. The third kappa shape index (κ3) is 4.74. The van der Waals surface area contributed by atoms with Gasteiger partial charge in [-0.3, -0.25) is 14.6 Å². The minimum absolute atomic E-state index is 0.0254. The standard InChI is InChI=1S/C26H27N5O5/c1-15(2)17-12-22(32)29-25(27-17)31-21(11-18(30-31)19-9-6-10-34-19)28-23(33)14-35-20-8-5-7-16-13-26(3,4)36-24(16)20/h5-12,15H,13-14H2,1-4H3,(H,28,33)(H,27,29,32). The number of anilines is 1. The van der Waals surface area contributed by atoms with Crippen LogP contribution in [0.1, 0.15) is 44.9 Å². The van der Waals surface area contributed by atoms with Crippen LogP contribution in [-0.4, -0.2) is 37.9 Å². The number of rotatable bonds is 7. The Bertz CT molecular complexity index is 1470. The first-order chi connectivity index (χ1) is 17.2. The molecule has 36 heavy (non-hydrogen) atoms. The molecule has 10 heteroatoms. The Labute approximate surface area is 207 Å². The van der Waals surface area contributed by atoms with Gasteiger partial charge in [-0.25, -0.2) is 4.98 Å². The summed E-state index contributed by atoms with van der Waals surface area (Å²) in [6, 6.07) is 12.2. The smallest absolute Gasteiger partial charge is 0.263 e. The van der Waals surface area contributed by atoms with Gasteiger partial charge < -0.3 is 19.2 Å². The van der Waals surface area contributed by atoms with E-state index in [1.54, 1.807) is 24.3 Å². The summed E-state index contributed by atoms with van der Waals surface area (Å²) in [5.74, 6) is 1.76. The van der Waals surface area contributed by atoms with E-state index in [0.29, 0.717) is 34.5 Å². The van der Waals surface area contributed by atoms with Crippen LogP contribution in [0.4, 0.5) is 5.82 Å². The lowest BCUT2D eigenvalue weighted by Crippen LogP contribution is -2.25. The molecule has 0 fully saturated rings. The molecule has 4 heterocycles. The van der Waals surface area contributed by atoms with Crippen molar-refractivity contribution in [2.45, 2.75) is 45.6 Å². The van der Waals surface area contributed by atoms with Crippen LogP contribution < -0.4 is 20.3 Å². The molecule has 0 atom stereocenters. The lowest BCUT2D eigenvalue weighted by atomic mass is 10.0. The summed E-state index contributed by atoms with van der Waals surface area (Å²) in [4.78, 5) is 32.4. The number of para-hydroxylation sites is 1. The van der Waals surface area contributed by atoms with Gasteiger partial charge in [0.05, 0.1) is 12.0 Å². The van der Waals surface area contributed by atoms with Gasteiger partial charge in [0.2, 0.25) is 5.95 Å². The zero-order valence-electron chi connectivity index (χ0n) is 20.5. The number of ether oxygens (including phenoxy) is 2. The first kappa shape index (κ1) is 23.4. The molecule has 1 aliphatic heterocycles. The van der Waals surface area contributed by atoms with Crippen molar-refractivity contribution in [3.63, 3.8) is 0 Å². The minimum Gasteiger partial charge on any atom is -0.483 e. The Morgan fingerprint density at radius 2 is 2.08 bits per heavy atom. The number of carbonyl (C=O) groups excluding carboxylic acids is 1. The largest absolute Gasteiger partial charge is 0.483 e. The number of benzene rings is 1. The highest BCUT2D eigenvalue weighted by Gasteiger charge is 2.32. The number of nitrogens with zero attached hydrogens (tertiary/aromatic N) is 3. The third-order valence-electron chi connectivity index (χ3n) is 5.71. The summed E-state index contributed by atoms with van der Waals surface area (Å²) < 4.78 is 18.7. The summed E-state index contributed by atoms with van der Waals surface area (Å²) in [6.45, 7) is 7.64. The normalized spacial score (nSPS) is 13.9. The van der Waals surface area contributed by atoms with Gasteiger partial charge in [0.15, 0.2) is 23.9 Å². The summed E-state index contributed by atoms with van der Waals surface area (Å²) in [5, 5.41) is 7.32. The van der Waals surface area contributed by atoms with Gasteiger partial charge in [0.1, 0.15) is 17.1 Å². The van der Waals surface area contributed by atoms with Gasteiger partial charge in [0, 0.05) is 24.1 Å². The number of hydrogen-bond donors (Lipinski definition) is 2. The number of hydrogen-bond acceptors (Lipinski definition) is 7. The molecule has 5 rings (SSSR count). The molecule has 0 aliphatic carbocycles. The van der Waals surface area contributed by atoms with Gasteiger partial charge in [-0.1, -0.05) is 26.0 Å². The summed E-state index contributed by atoms with van der Waals surface area (Å²) in [5.41, 5.74) is 1.46. The highest BCUT2D eigenvalue weighted by atomic mass is 16.5. The number of fused-ring (bicyclic) bond motifs is 1. The summed E-state index contributed by atoms with van der Waals surface area (Å²) in [7, 11) is 0. The second-order valence-electron chi connectivity index (χ2n) is 9.57. The third-order valence-corrected chi connectivity index (χ3v) is 5.71. The molecule has 0 unspecified atom stereocenters. The van der Waals surface area contributed by atoms with Crippen molar-refractivity contribution in [3.8, 4) is 28.9 Å². The molecule has 0 bridgehead atoms. The minimum atomic E-state index is -0.417. The van der Waals surface area contributed by atoms with Crippen molar-refractivity contribution < 1.29 is 18.7 Å². The molecule has 0 saturated carbocycles. The molecular weight excluding hydrogens is 462 g/mol. The van der Waals surface area contributed by atoms with E-state index in [4.69, 9.17) is 13.9 Å².